The molecule has 0 unspecified atom stereocenters. The average Bonchev–Trinajstić information content (AvgIpc) is 2.59. The molecule has 1 amide bonds. The number of amides is 1. The molecule has 126 valence electrons. The van der Waals surface area contributed by atoms with Crippen LogP contribution in [0.2, 0.25) is 5.02 Å². The molecular formula is C18H19ClN2O3. The largest absolute Gasteiger partial charge is 0.468 e. The molecular weight excluding hydrogens is 328 g/mol. The van der Waals surface area contributed by atoms with E-state index in [-0.39, 0.29) is 11.9 Å². The zero-order chi connectivity index (χ0) is 17.5. The quantitative estimate of drug-likeness (QED) is 0.788. The molecule has 2 rings (SSSR count). The fourth-order valence-corrected chi connectivity index (χ4v) is 2.22. The zero-order valence-electron chi connectivity index (χ0n) is 13.5. The average molecular weight is 347 g/mol. The van der Waals surface area contributed by atoms with Crippen LogP contribution in [0.4, 0.5) is 5.69 Å². The maximum absolute atomic E-state index is 12.2. The fourth-order valence-electron chi connectivity index (χ4n) is 2.09. The molecule has 5 nitrogen and oxygen atoms in total. The third-order valence-corrected chi connectivity index (χ3v) is 3.71. The second-order valence-electron chi connectivity index (χ2n) is 5.29. The molecule has 0 heterocycles. The number of carbonyl (C=O) groups is 2. The van der Waals surface area contributed by atoms with Crippen LogP contribution in [0, 0.1) is 0 Å². The van der Waals surface area contributed by atoms with E-state index in [4.69, 9.17) is 11.6 Å². The monoisotopic (exact) mass is 346 g/mol. The molecule has 6 heteroatoms. The summed E-state index contributed by atoms with van der Waals surface area (Å²) in [6.45, 7) is 2.22. The molecule has 2 aromatic rings. The Balaban J connectivity index is 1.98. The molecule has 0 bridgehead atoms. The zero-order valence-corrected chi connectivity index (χ0v) is 14.3. The van der Waals surface area contributed by atoms with Gasteiger partial charge < -0.3 is 15.4 Å². The second kappa shape index (κ2) is 8.47. The van der Waals surface area contributed by atoms with E-state index in [9.17, 15) is 9.59 Å². The van der Waals surface area contributed by atoms with E-state index in [1.807, 2.05) is 18.2 Å². The molecule has 0 spiro atoms. The maximum atomic E-state index is 12.2. The number of benzene rings is 2. The normalized spacial score (nSPS) is 11.6. The van der Waals surface area contributed by atoms with Crippen molar-refractivity contribution in [2.45, 2.75) is 19.5 Å². The predicted octanol–water partition coefficient (Wildman–Crippen LogP) is 3.24. The first-order valence-corrected chi connectivity index (χ1v) is 7.84. The molecule has 0 aliphatic carbocycles. The number of methoxy groups -OCH3 is 1. The van der Waals surface area contributed by atoms with Crippen molar-refractivity contribution in [3.05, 3.63) is 64.7 Å². The van der Waals surface area contributed by atoms with Gasteiger partial charge in [0.05, 0.1) is 7.11 Å². The van der Waals surface area contributed by atoms with Gasteiger partial charge in [0.1, 0.15) is 6.04 Å². The molecule has 0 saturated carbocycles. The molecule has 0 aromatic heterocycles. The van der Waals surface area contributed by atoms with Crippen molar-refractivity contribution in [3.63, 3.8) is 0 Å². The highest BCUT2D eigenvalue weighted by Crippen LogP contribution is 2.14. The number of anilines is 1. The number of carbonyl (C=O) groups excluding carboxylic acids is 2. The summed E-state index contributed by atoms with van der Waals surface area (Å²) >= 11 is 5.82. The fraction of sp³-hybridized carbons (Fsp3) is 0.222. The van der Waals surface area contributed by atoms with Crippen molar-refractivity contribution in [1.82, 2.24) is 5.32 Å². The van der Waals surface area contributed by atoms with Crippen molar-refractivity contribution in [2.24, 2.45) is 0 Å². The highest BCUT2D eigenvalue weighted by molar-refractivity contribution is 6.30. The molecule has 24 heavy (non-hydrogen) atoms. The van der Waals surface area contributed by atoms with Crippen LogP contribution in [-0.4, -0.2) is 25.0 Å². The number of nitrogens with one attached hydrogen (secondary N) is 2. The third-order valence-electron chi connectivity index (χ3n) is 3.46. The summed E-state index contributed by atoms with van der Waals surface area (Å²) < 4.78 is 4.67. The Bertz CT molecular complexity index is 716. The smallest absolute Gasteiger partial charge is 0.322 e. The summed E-state index contributed by atoms with van der Waals surface area (Å²) in [7, 11) is 1.35. The minimum atomic E-state index is -0.401. The predicted molar refractivity (Wildman–Crippen MR) is 94.2 cm³/mol. The standard InChI is InChI=1S/C18H19ClN2O3/c1-12(18(23)24-2)20-11-13-4-3-5-16(10-13)21-17(22)14-6-8-15(19)9-7-14/h3-10,12,20H,11H2,1-2H3,(H,21,22)/t12-/m0/s1. The topological polar surface area (TPSA) is 67.4 Å². The Morgan fingerprint density at radius 1 is 1.17 bits per heavy atom. The Hall–Kier alpha value is -2.37. The first-order chi connectivity index (χ1) is 11.5. The van der Waals surface area contributed by atoms with Crippen LogP contribution in [0.5, 0.6) is 0 Å². The molecule has 0 fully saturated rings. The summed E-state index contributed by atoms with van der Waals surface area (Å²) in [6, 6.07) is 13.7. The van der Waals surface area contributed by atoms with Crippen LogP contribution < -0.4 is 10.6 Å². The number of esters is 1. The van der Waals surface area contributed by atoms with Gasteiger partial charge in [-0.1, -0.05) is 23.7 Å². The summed E-state index contributed by atoms with van der Waals surface area (Å²) in [5.74, 6) is -0.526. The van der Waals surface area contributed by atoms with Gasteiger partial charge in [-0.3, -0.25) is 9.59 Å². The third kappa shape index (κ3) is 5.08. The molecule has 1 atom stereocenters. The minimum Gasteiger partial charge on any atom is -0.468 e. The lowest BCUT2D eigenvalue weighted by atomic mass is 10.1. The van der Waals surface area contributed by atoms with Crippen LogP contribution in [0.25, 0.3) is 0 Å². The summed E-state index contributed by atoms with van der Waals surface area (Å²) in [5, 5.41) is 6.49. The van der Waals surface area contributed by atoms with E-state index < -0.39 is 6.04 Å². The summed E-state index contributed by atoms with van der Waals surface area (Å²) in [5.41, 5.74) is 2.15. The van der Waals surface area contributed by atoms with Gasteiger partial charge in [-0.05, 0) is 48.9 Å². The van der Waals surface area contributed by atoms with Crippen LogP contribution >= 0.6 is 11.6 Å². The molecule has 0 radical (unpaired) electrons. The lowest BCUT2D eigenvalue weighted by molar-refractivity contribution is -0.142. The van der Waals surface area contributed by atoms with Gasteiger partial charge in [0.25, 0.3) is 5.91 Å². The Morgan fingerprint density at radius 3 is 2.54 bits per heavy atom. The Labute approximate surface area is 146 Å². The van der Waals surface area contributed by atoms with Crippen LogP contribution in [0.3, 0.4) is 0 Å². The van der Waals surface area contributed by atoms with E-state index >= 15 is 0 Å². The van der Waals surface area contributed by atoms with E-state index in [0.717, 1.165) is 5.56 Å². The van der Waals surface area contributed by atoms with Crippen molar-refractivity contribution >= 4 is 29.2 Å². The summed E-state index contributed by atoms with van der Waals surface area (Å²) in [4.78, 5) is 23.6. The lowest BCUT2D eigenvalue weighted by Crippen LogP contribution is -2.34. The molecule has 2 N–H and O–H groups in total. The van der Waals surface area contributed by atoms with Crippen molar-refractivity contribution in [3.8, 4) is 0 Å². The van der Waals surface area contributed by atoms with E-state index in [1.54, 1.807) is 37.3 Å². The Morgan fingerprint density at radius 2 is 1.88 bits per heavy atom. The van der Waals surface area contributed by atoms with Gasteiger partial charge >= 0.3 is 5.97 Å². The number of rotatable bonds is 6. The second-order valence-corrected chi connectivity index (χ2v) is 5.72. The first-order valence-electron chi connectivity index (χ1n) is 7.46. The van der Waals surface area contributed by atoms with Crippen LogP contribution in [0.15, 0.2) is 48.5 Å². The van der Waals surface area contributed by atoms with Gasteiger partial charge in [-0.15, -0.1) is 0 Å². The maximum Gasteiger partial charge on any atom is 0.322 e. The van der Waals surface area contributed by atoms with Crippen molar-refractivity contribution < 1.29 is 14.3 Å². The van der Waals surface area contributed by atoms with Crippen molar-refractivity contribution in [1.29, 1.82) is 0 Å². The Kier molecular flexibility index (Phi) is 6.35. The minimum absolute atomic E-state index is 0.209. The number of hydrogen-bond acceptors (Lipinski definition) is 4. The highest BCUT2D eigenvalue weighted by atomic mass is 35.5. The van der Waals surface area contributed by atoms with Crippen LogP contribution in [-0.2, 0) is 16.1 Å². The van der Waals surface area contributed by atoms with Crippen LogP contribution in [0.1, 0.15) is 22.8 Å². The SMILES string of the molecule is COC(=O)[C@H](C)NCc1cccc(NC(=O)c2ccc(Cl)cc2)c1. The molecule has 0 aliphatic heterocycles. The van der Waals surface area contributed by atoms with E-state index in [2.05, 4.69) is 15.4 Å². The van der Waals surface area contributed by atoms with Gasteiger partial charge in [-0.25, -0.2) is 0 Å². The van der Waals surface area contributed by atoms with Gasteiger partial charge in [0.2, 0.25) is 0 Å². The van der Waals surface area contributed by atoms with Gasteiger partial charge in [-0.2, -0.15) is 0 Å². The van der Waals surface area contributed by atoms with Crippen molar-refractivity contribution in [2.75, 3.05) is 12.4 Å². The van der Waals surface area contributed by atoms with E-state index in [1.165, 1.54) is 7.11 Å². The molecule has 2 aromatic carbocycles. The molecule has 0 saturated heterocycles. The number of hydrogen-bond donors (Lipinski definition) is 2. The number of halogens is 1. The summed E-state index contributed by atoms with van der Waals surface area (Å²) in [6.07, 6.45) is 0. The van der Waals surface area contributed by atoms with Gasteiger partial charge in [0.15, 0.2) is 0 Å². The molecule has 0 aliphatic rings. The number of ether oxygens (including phenoxy) is 1. The highest BCUT2D eigenvalue weighted by Gasteiger charge is 2.12. The van der Waals surface area contributed by atoms with E-state index in [0.29, 0.717) is 22.8 Å². The first kappa shape index (κ1) is 18.0. The lowest BCUT2D eigenvalue weighted by Gasteiger charge is -2.12. The van der Waals surface area contributed by atoms with Gasteiger partial charge in [0, 0.05) is 22.8 Å².